The van der Waals surface area contributed by atoms with Crippen LogP contribution in [-0.4, -0.2) is 19.6 Å². The molecular weight excluding hydrogens is 418 g/mol. The van der Waals surface area contributed by atoms with Crippen molar-refractivity contribution in [1.29, 1.82) is 0 Å². The van der Waals surface area contributed by atoms with Crippen LogP contribution in [0.25, 0.3) is 0 Å². The maximum absolute atomic E-state index is 12.7. The van der Waals surface area contributed by atoms with Crippen molar-refractivity contribution in [2.45, 2.75) is 33.1 Å². The summed E-state index contributed by atoms with van der Waals surface area (Å²) in [5.74, 6) is 0.914. The van der Waals surface area contributed by atoms with E-state index < -0.39 is 0 Å². The molecule has 0 saturated heterocycles. The van der Waals surface area contributed by atoms with Crippen molar-refractivity contribution in [3.63, 3.8) is 0 Å². The fourth-order valence-corrected chi connectivity index (χ4v) is 3.16. The summed E-state index contributed by atoms with van der Waals surface area (Å²) in [7, 11) is 1.53. The van der Waals surface area contributed by atoms with Crippen molar-refractivity contribution in [3.8, 4) is 11.5 Å². The summed E-state index contributed by atoms with van der Waals surface area (Å²) in [5.41, 5.74) is 2.23. The van der Waals surface area contributed by atoms with Crippen LogP contribution < -0.4 is 14.8 Å². The van der Waals surface area contributed by atoms with Crippen molar-refractivity contribution in [2.75, 3.05) is 19.0 Å². The lowest BCUT2D eigenvalue weighted by Crippen LogP contribution is -2.14. The number of nitrogens with one attached hydrogen (secondary N) is 1. The topological polar surface area (TPSA) is 47.6 Å². The van der Waals surface area contributed by atoms with E-state index in [1.165, 1.54) is 7.11 Å². The van der Waals surface area contributed by atoms with E-state index in [4.69, 9.17) is 21.1 Å². The van der Waals surface area contributed by atoms with E-state index in [9.17, 15) is 4.79 Å². The standard InChI is InChI=1S/C20H23BrClNO3/c1-5-8-26-19-16(22)9-13(10-18(19)25-4)20(24)23-17-7-6-14(21)11-15(17)12(2)3/h6-7,9-12H,5,8H2,1-4H3,(H,23,24). The van der Waals surface area contributed by atoms with Crippen molar-refractivity contribution < 1.29 is 14.3 Å². The molecule has 1 amide bonds. The summed E-state index contributed by atoms with van der Waals surface area (Å²) >= 11 is 9.78. The van der Waals surface area contributed by atoms with Gasteiger partial charge in [0.25, 0.3) is 5.91 Å². The van der Waals surface area contributed by atoms with Crippen LogP contribution in [0.15, 0.2) is 34.8 Å². The number of carbonyl (C=O) groups excluding carboxylic acids is 1. The van der Waals surface area contributed by atoms with Gasteiger partial charge >= 0.3 is 0 Å². The largest absolute Gasteiger partial charge is 0.493 e. The number of halogens is 2. The number of anilines is 1. The quantitative estimate of drug-likeness (QED) is 0.551. The molecule has 2 aromatic rings. The molecule has 0 aromatic heterocycles. The molecule has 0 atom stereocenters. The van der Waals surface area contributed by atoms with Crippen LogP contribution >= 0.6 is 27.5 Å². The second-order valence-corrected chi connectivity index (χ2v) is 7.50. The van der Waals surface area contributed by atoms with Gasteiger partial charge < -0.3 is 14.8 Å². The van der Waals surface area contributed by atoms with Crippen molar-refractivity contribution in [2.24, 2.45) is 0 Å². The first kappa shape index (κ1) is 20.6. The lowest BCUT2D eigenvalue weighted by Gasteiger charge is -2.16. The summed E-state index contributed by atoms with van der Waals surface area (Å²) in [4.78, 5) is 12.7. The molecule has 0 aliphatic heterocycles. The number of methoxy groups -OCH3 is 1. The molecule has 0 spiro atoms. The summed E-state index contributed by atoms with van der Waals surface area (Å²) in [6.45, 7) is 6.69. The highest BCUT2D eigenvalue weighted by Crippen LogP contribution is 2.37. The average molecular weight is 441 g/mol. The third-order valence-electron chi connectivity index (χ3n) is 3.83. The number of benzene rings is 2. The number of rotatable bonds is 7. The fourth-order valence-electron chi connectivity index (χ4n) is 2.51. The molecule has 2 rings (SSSR count). The normalized spacial score (nSPS) is 10.7. The van der Waals surface area contributed by atoms with Gasteiger partial charge in [0.1, 0.15) is 0 Å². The minimum atomic E-state index is -0.253. The van der Waals surface area contributed by atoms with Crippen LogP contribution in [0.5, 0.6) is 11.5 Å². The molecule has 0 radical (unpaired) electrons. The van der Waals surface area contributed by atoms with Crippen LogP contribution in [0.2, 0.25) is 5.02 Å². The molecular formula is C20H23BrClNO3. The van der Waals surface area contributed by atoms with Crippen molar-refractivity contribution in [3.05, 3.63) is 51.0 Å². The first-order chi connectivity index (χ1) is 12.4. The molecule has 0 aliphatic carbocycles. The van der Waals surface area contributed by atoms with Crippen LogP contribution in [0.3, 0.4) is 0 Å². The minimum Gasteiger partial charge on any atom is -0.493 e. The molecule has 0 saturated carbocycles. The average Bonchev–Trinajstić information content (AvgIpc) is 2.61. The monoisotopic (exact) mass is 439 g/mol. The van der Waals surface area contributed by atoms with Gasteiger partial charge in [-0.3, -0.25) is 4.79 Å². The fraction of sp³-hybridized carbons (Fsp3) is 0.350. The van der Waals surface area contributed by atoms with Gasteiger partial charge in [-0.2, -0.15) is 0 Å². The highest BCUT2D eigenvalue weighted by molar-refractivity contribution is 9.10. The van der Waals surface area contributed by atoms with Crippen molar-refractivity contribution in [1.82, 2.24) is 0 Å². The second-order valence-electron chi connectivity index (χ2n) is 6.18. The smallest absolute Gasteiger partial charge is 0.255 e. The molecule has 6 heteroatoms. The predicted molar refractivity (Wildman–Crippen MR) is 110 cm³/mol. The molecule has 0 heterocycles. The predicted octanol–water partition coefficient (Wildman–Crippen LogP) is 6.28. The molecule has 26 heavy (non-hydrogen) atoms. The van der Waals surface area contributed by atoms with Gasteiger partial charge in [-0.1, -0.05) is 48.3 Å². The Bertz CT molecular complexity index is 793. The Balaban J connectivity index is 2.32. The van der Waals surface area contributed by atoms with E-state index in [0.29, 0.717) is 28.7 Å². The summed E-state index contributed by atoms with van der Waals surface area (Å²) in [5, 5.41) is 3.31. The van der Waals surface area contributed by atoms with E-state index in [-0.39, 0.29) is 11.8 Å². The lowest BCUT2D eigenvalue weighted by molar-refractivity contribution is 0.102. The van der Waals surface area contributed by atoms with Gasteiger partial charge in [0.05, 0.1) is 18.7 Å². The molecule has 0 aliphatic rings. The molecule has 0 unspecified atom stereocenters. The Morgan fingerprint density at radius 2 is 2.00 bits per heavy atom. The van der Waals surface area contributed by atoms with E-state index in [0.717, 1.165) is 22.1 Å². The van der Waals surface area contributed by atoms with Gasteiger partial charge in [-0.25, -0.2) is 0 Å². The molecule has 1 N–H and O–H groups in total. The van der Waals surface area contributed by atoms with E-state index in [1.54, 1.807) is 12.1 Å². The number of hydrogen-bond donors (Lipinski definition) is 1. The zero-order chi connectivity index (χ0) is 19.3. The Labute approximate surface area is 168 Å². The zero-order valence-electron chi connectivity index (χ0n) is 15.4. The number of hydrogen-bond acceptors (Lipinski definition) is 3. The summed E-state index contributed by atoms with van der Waals surface area (Å²) < 4.78 is 12.0. The molecule has 0 fully saturated rings. The SMILES string of the molecule is CCCOc1c(Cl)cc(C(=O)Nc2ccc(Br)cc2C(C)C)cc1OC. The lowest BCUT2D eigenvalue weighted by atomic mass is 10.0. The first-order valence-electron chi connectivity index (χ1n) is 8.48. The van der Waals surface area contributed by atoms with Crippen LogP contribution in [-0.2, 0) is 0 Å². The van der Waals surface area contributed by atoms with Crippen molar-refractivity contribution >= 4 is 39.1 Å². The highest BCUT2D eigenvalue weighted by Gasteiger charge is 2.17. The van der Waals surface area contributed by atoms with Crippen LogP contribution in [0.4, 0.5) is 5.69 Å². The summed E-state index contributed by atoms with van der Waals surface area (Å²) in [6, 6.07) is 9.03. The Kier molecular flexibility index (Phi) is 7.35. The molecule has 140 valence electrons. The zero-order valence-corrected chi connectivity index (χ0v) is 17.7. The second kappa shape index (κ2) is 9.28. The number of ether oxygens (including phenoxy) is 2. The number of amides is 1. The molecule has 0 bridgehead atoms. The maximum Gasteiger partial charge on any atom is 0.255 e. The third-order valence-corrected chi connectivity index (χ3v) is 4.60. The van der Waals surface area contributed by atoms with Gasteiger partial charge in [-0.15, -0.1) is 0 Å². The van der Waals surface area contributed by atoms with E-state index in [1.807, 2.05) is 25.1 Å². The number of carbonyl (C=O) groups is 1. The van der Waals surface area contributed by atoms with Gasteiger partial charge in [0.15, 0.2) is 11.5 Å². The Morgan fingerprint density at radius 3 is 2.62 bits per heavy atom. The van der Waals surface area contributed by atoms with Crippen LogP contribution in [0.1, 0.15) is 49.0 Å². The van der Waals surface area contributed by atoms with Gasteiger partial charge in [0.2, 0.25) is 0 Å². The first-order valence-corrected chi connectivity index (χ1v) is 9.65. The third kappa shape index (κ3) is 4.92. The maximum atomic E-state index is 12.7. The highest BCUT2D eigenvalue weighted by atomic mass is 79.9. The van der Waals surface area contributed by atoms with Gasteiger partial charge in [0, 0.05) is 15.7 Å². The van der Waals surface area contributed by atoms with E-state index in [2.05, 4.69) is 35.1 Å². The minimum absolute atomic E-state index is 0.253. The summed E-state index contributed by atoms with van der Waals surface area (Å²) in [6.07, 6.45) is 0.850. The van der Waals surface area contributed by atoms with E-state index >= 15 is 0 Å². The molecule has 4 nitrogen and oxygen atoms in total. The van der Waals surface area contributed by atoms with Gasteiger partial charge in [-0.05, 0) is 48.2 Å². The van der Waals surface area contributed by atoms with Crippen LogP contribution in [0, 0.1) is 0 Å². The Morgan fingerprint density at radius 1 is 1.27 bits per heavy atom. The Hall–Kier alpha value is -1.72. The molecule has 2 aromatic carbocycles.